The summed E-state index contributed by atoms with van der Waals surface area (Å²) in [6.07, 6.45) is 9.55. The number of thiazole rings is 1. The smallest absolute Gasteiger partial charge is 0.748 e. The molecule has 7 saturated carbocycles. The van der Waals surface area contributed by atoms with E-state index in [-0.39, 0.29) is 175 Å². The molecule has 0 amide bonds. The molecule has 14 atom stereocenters. The van der Waals surface area contributed by atoms with Crippen molar-refractivity contribution in [1.29, 1.82) is 5.26 Å². The molecule has 7 aliphatic rings. The van der Waals surface area contributed by atoms with Crippen molar-refractivity contribution < 1.29 is 161 Å². The van der Waals surface area contributed by atoms with Crippen LogP contribution in [0.3, 0.4) is 0 Å². The number of nitrogens with one attached hydrogen (secondary N) is 2. The van der Waals surface area contributed by atoms with Crippen LogP contribution in [0.1, 0.15) is 147 Å². The molecular weight excluding hydrogens is 1100 g/mol. The van der Waals surface area contributed by atoms with Crippen molar-refractivity contribution in [3.05, 3.63) is 5.69 Å². The van der Waals surface area contributed by atoms with Crippen molar-refractivity contribution >= 4 is 74.0 Å². The molecule has 7 fully saturated rings. The zero-order chi connectivity index (χ0) is 51.8. The van der Waals surface area contributed by atoms with Gasteiger partial charge in [-0.05, 0) is 132 Å². The number of fused-ring (bicyclic) bond motifs is 2. The van der Waals surface area contributed by atoms with Crippen LogP contribution in [0.25, 0.3) is 0 Å². The molecule has 0 bridgehead atoms. The minimum Gasteiger partial charge on any atom is -0.748 e. The molecule has 0 aliphatic heterocycles. The molecule has 0 radical (unpaired) electrons. The number of azo groups is 2. The quantitative estimate of drug-likeness (QED) is 0.0388. The van der Waals surface area contributed by atoms with Gasteiger partial charge in [0.1, 0.15) is 0 Å². The zero-order valence-corrected chi connectivity index (χ0v) is 49.7. The molecule has 0 spiro atoms. The van der Waals surface area contributed by atoms with E-state index in [1.165, 1.54) is 6.42 Å². The maximum absolute atomic E-state index is 12.8. The second kappa shape index (κ2) is 31.0. The average Bonchev–Trinajstić information content (AvgIpc) is 3.74. The fraction of sp³-hybridized carbons (Fsp3) is 0.907. The van der Waals surface area contributed by atoms with Crippen LogP contribution in [-0.2, 0) is 49.8 Å². The van der Waals surface area contributed by atoms with Gasteiger partial charge in [-0.25, -0.2) is 38.7 Å². The van der Waals surface area contributed by atoms with Crippen LogP contribution < -0.4 is 110 Å². The van der Waals surface area contributed by atoms with Gasteiger partial charge in [0.25, 0.3) is 0 Å². The first-order valence-corrected chi connectivity index (χ1v) is 32.7. The van der Waals surface area contributed by atoms with Gasteiger partial charge in [-0.2, -0.15) is 19.8 Å². The minimum atomic E-state index is -5.05. The van der Waals surface area contributed by atoms with Gasteiger partial charge in [0, 0.05) is 57.9 Å². The van der Waals surface area contributed by atoms with Crippen molar-refractivity contribution in [3.8, 4) is 6.07 Å². The Morgan fingerprint density at radius 1 is 0.636 bits per heavy atom. The summed E-state index contributed by atoms with van der Waals surface area (Å²) in [5.74, 6) is -2.00. The van der Waals surface area contributed by atoms with E-state index in [9.17, 15) is 62.4 Å². The Bertz CT molecular complexity index is 2630. The molecule has 34 heteroatoms. The number of nitriles is 1. The molecule has 1 aromatic heterocycles. The zero-order valence-electron chi connectivity index (χ0n) is 44.8. The molecule has 1 heterocycles. The molecular formula is C43H63Li5N8O15S6. The molecule has 0 saturated heterocycles. The van der Waals surface area contributed by atoms with Gasteiger partial charge < -0.3 is 34.1 Å². The van der Waals surface area contributed by atoms with Crippen LogP contribution >= 0.6 is 23.4 Å². The number of hydrogen-bond donors (Lipinski definition) is 2. The number of aromatic nitrogens is 1. The van der Waals surface area contributed by atoms with Gasteiger partial charge in [0.05, 0.1) is 80.7 Å². The Morgan fingerprint density at radius 2 is 1.18 bits per heavy atom. The van der Waals surface area contributed by atoms with Crippen LogP contribution in [0.4, 0.5) is 10.1 Å². The molecule has 2 N–H and O–H groups in total. The van der Waals surface area contributed by atoms with E-state index in [1.807, 2.05) is 6.92 Å². The predicted molar refractivity (Wildman–Crippen MR) is 255 cm³/mol. The van der Waals surface area contributed by atoms with Crippen molar-refractivity contribution in [2.45, 2.75) is 204 Å². The number of hydrogen-bond acceptors (Lipinski definition) is 25. The largest absolute Gasteiger partial charge is 1.00 e. The van der Waals surface area contributed by atoms with Gasteiger partial charge in [-0.1, -0.05) is 43.9 Å². The fourth-order valence-electron chi connectivity index (χ4n) is 13.7. The van der Waals surface area contributed by atoms with Crippen LogP contribution in [-0.4, -0.2) is 119 Å². The minimum absolute atomic E-state index is 0. The number of rotatable bonds is 16. The topological polar surface area (TPSA) is 380 Å². The van der Waals surface area contributed by atoms with Crippen LogP contribution in [0.2, 0.25) is 0 Å². The number of nitrogens with zero attached hydrogens (tertiary/aromatic N) is 6. The molecule has 1 aromatic rings. The van der Waals surface area contributed by atoms with Gasteiger partial charge in [0.2, 0.25) is 5.13 Å². The van der Waals surface area contributed by atoms with E-state index >= 15 is 0 Å². The summed E-state index contributed by atoms with van der Waals surface area (Å²) >= 11 is 1.59. The van der Waals surface area contributed by atoms with Crippen molar-refractivity contribution in [1.82, 2.24) is 15.6 Å². The monoisotopic (exact) mass is 1160 g/mol. The molecule has 23 nitrogen and oxygen atoms in total. The second-order valence-electron chi connectivity index (χ2n) is 21.5. The van der Waals surface area contributed by atoms with Gasteiger partial charge >= 0.3 is 94.3 Å². The summed E-state index contributed by atoms with van der Waals surface area (Å²) < 4.78 is 152. The van der Waals surface area contributed by atoms with Crippen LogP contribution in [0.15, 0.2) is 20.5 Å². The first-order valence-electron chi connectivity index (χ1n) is 25.1. The normalized spacial score (nSPS) is 37.0. The predicted octanol–water partition coefficient (Wildman–Crippen LogP) is -10.2. The third kappa shape index (κ3) is 18.6. The van der Waals surface area contributed by atoms with Gasteiger partial charge in [-0.3, -0.25) is 5.04 Å². The van der Waals surface area contributed by atoms with E-state index in [0.29, 0.717) is 66.7 Å². The van der Waals surface area contributed by atoms with Crippen molar-refractivity contribution in [2.75, 3.05) is 0 Å². The molecule has 77 heavy (non-hydrogen) atoms. The maximum atomic E-state index is 12.8. The SMILES string of the molecule is CC1C(C#N)C(NC2CCC(S(=O)(=O)[O-])CC2)CC(NC2CCC(S(=O)(=O)[O-])CC2)C1N=Nc1nc(C2CCC3CCCCC3C2)c(N=NC2CC3C(CC(SOO[O-])CC3S(=O)(=O)[O-])C(S(=O)(=O)[O-])C2)s1.[Li+].[Li+].[Li+].[Li+].[Li+]. The summed E-state index contributed by atoms with van der Waals surface area (Å²) in [4.78, 5) is 5.01. The van der Waals surface area contributed by atoms with Crippen molar-refractivity contribution in [3.63, 3.8) is 0 Å². The Balaban J connectivity index is 0.00000312. The summed E-state index contributed by atoms with van der Waals surface area (Å²) in [6.45, 7) is 1.91. The molecule has 7 aliphatic carbocycles. The summed E-state index contributed by atoms with van der Waals surface area (Å²) in [5.41, 5.74) is 0.636. The van der Waals surface area contributed by atoms with E-state index in [0.717, 1.165) is 49.9 Å². The Kier molecular flexibility index (Phi) is 29.1. The summed E-state index contributed by atoms with van der Waals surface area (Å²) in [5, 5.41) is 45.4. The standard InChI is InChI=1S/C43H68N8O15S6.5Li/c1-23-35(22-44)36(45-27-8-12-31(13-9-27)69(53,54)55)21-37(46-28-10-14-32(15-11-28)70(56,57)58)40(23)49-51-43-47-41(26-7-6-24-4-2-3-5-25(24)16-26)42(67-43)50-48-29-17-33-34(38(18-29)71(59,60)61)19-30(68-66-65-52)20-39(33)72(62,63)64;;;;;/h23-40,45-46,52H,2-21H2,1H3,(H,53,54,55)(H,56,57,58)(H,59,60,61)(H,62,63,64);;;;;/q;5*+1/p-5. The van der Waals surface area contributed by atoms with E-state index in [4.69, 9.17) is 15.2 Å². The van der Waals surface area contributed by atoms with Crippen molar-refractivity contribution in [2.24, 2.45) is 56.0 Å². The summed E-state index contributed by atoms with van der Waals surface area (Å²) in [7, 11) is -19.0. The van der Waals surface area contributed by atoms with E-state index in [2.05, 4.69) is 36.3 Å². The molecule has 14 unspecified atom stereocenters. The molecule has 8 rings (SSSR count). The van der Waals surface area contributed by atoms with Crippen LogP contribution in [0, 0.1) is 46.8 Å². The molecule has 0 aromatic carbocycles. The Hall–Kier alpha value is 1.10. The van der Waals surface area contributed by atoms with Crippen LogP contribution in [0.5, 0.6) is 0 Å². The maximum Gasteiger partial charge on any atom is 1.00 e. The average molecular weight is 1160 g/mol. The third-order valence-electron chi connectivity index (χ3n) is 17.3. The van der Waals surface area contributed by atoms with E-state index < -0.39 is 109 Å². The third-order valence-corrected chi connectivity index (χ3v) is 24.1. The first kappa shape index (κ1) is 72.4. The van der Waals surface area contributed by atoms with E-state index in [1.54, 1.807) is 0 Å². The second-order valence-corrected chi connectivity index (χ2v) is 29.9. The Morgan fingerprint density at radius 3 is 1.73 bits per heavy atom. The summed E-state index contributed by atoms with van der Waals surface area (Å²) in [6, 6.07) is -0.132. The fourth-order valence-corrected chi connectivity index (χ4v) is 19.5. The van der Waals surface area contributed by atoms with Gasteiger partial charge in [0.15, 0.2) is 5.00 Å². The van der Waals surface area contributed by atoms with Gasteiger partial charge in [-0.15, -0.1) is 10.2 Å². The Labute approximate surface area is 521 Å². The molecule has 406 valence electrons. The first-order chi connectivity index (χ1) is 34.0.